The lowest BCUT2D eigenvalue weighted by Crippen LogP contribution is -2.51. The first-order valence-corrected chi connectivity index (χ1v) is 9.30. The molecule has 1 amide bonds. The van der Waals surface area contributed by atoms with Crippen LogP contribution in [-0.4, -0.2) is 57.9 Å². The van der Waals surface area contributed by atoms with E-state index in [1.807, 2.05) is 11.0 Å². The molecule has 1 atom stereocenters. The van der Waals surface area contributed by atoms with E-state index in [1.165, 1.54) is 31.1 Å². The molecule has 2 aliphatic rings. The summed E-state index contributed by atoms with van der Waals surface area (Å²) in [6, 6.07) is 5.97. The van der Waals surface area contributed by atoms with Gasteiger partial charge >= 0.3 is 0 Å². The number of carbonyl (C=O) groups is 1. The summed E-state index contributed by atoms with van der Waals surface area (Å²) in [4.78, 5) is 25.4. The highest BCUT2D eigenvalue weighted by atomic mass is 32.2. The second kappa shape index (κ2) is 6.94. The molecule has 126 valence electrons. The van der Waals surface area contributed by atoms with Gasteiger partial charge in [-0.15, -0.1) is 0 Å². The van der Waals surface area contributed by atoms with Gasteiger partial charge in [-0.25, -0.2) is 9.97 Å². The molecule has 0 radical (unpaired) electrons. The fourth-order valence-electron chi connectivity index (χ4n) is 3.40. The number of amides is 1. The molecule has 6 nitrogen and oxygen atoms in total. The van der Waals surface area contributed by atoms with Gasteiger partial charge in [0.1, 0.15) is 5.76 Å². The SMILES string of the molecule is O=C(c1ccc(CSc2ncccn2)o1)N1CCN2CCC[C@H]2C1. The average Bonchev–Trinajstić information content (AvgIpc) is 3.29. The van der Waals surface area contributed by atoms with Gasteiger partial charge in [-0.3, -0.25) is 9.69 Å². The average molecular weight is 344 g/mol. The van der Waals surface area contributed by atoms with Crippen molar-refractivity contribution in [3.05, 3.63) is 42.1 Å². The van der Waals surface area contributed by atoms with Crippen LogP contribution in [0.15, 0.2) is 40.2 Å². The summed E-state index contributed by atoms with van der Waals surface area (Å²) in [6.07, 6.45) is 5.88. The first-order valence-electron chi connectivity index (χ1n) is 8.31. The molecule has 0 aliphatic carbocycles. The number of hydrogen-bond donors (Lipinski definition) is 0. The van der Waals surface area contributed by atoms with E-state index < -0.39 is 0 Å². The van der Waals surface area contributed by atoms with Crippen LogP contribution in [0.1, 0.15) is 29.2 Å². The summed E-state index contributed by atoms with van der Waals surface area (Å²) >= 11 is 1.50. The van der Waals surface area contributed by atoms with E-state index in [2.05, 4.69) is 14.9 Å². The highest BCUT2D eigenvalue weighted by Crippen LogP contribution is 2.24. The summed E-state index contributed by atoms with van der Waals surface area (Å²) in [5, 5.41) is 0.708. The van der Waals surface area contributed by atoms with Crippen molar-refractivity contribution in [3.63, 3.8) is 0 Å². The topological polar surface area (TPSA) is 62.5 Å². The van der Waals surface area contributed by atoms with Gasteiger partial charge in [0.05, 0.1) is 5.75 Å². The minimum atomic E-state index is 0.00811. The minimum absolute atomic E-state index is 0.00811. The standard InChI is InChI=1S/C17H20N4O2S/c22-16(21-10-9-20-8-1-3-13(20)11-21)15-5-4-14(23-15)12-24-17-18-6-2-7-19-17/h2,4-7,13H,1,3,8-12H2/t13-/m0/s1. The predicted octanol–water partition coefficient (Wildman–Crippen LogP) is 2.28. The third kappa shape index (κ3) is 3.32. The first kappa shape index (κ1) is 15.7. The number of thioether (sulfide) groups is 1. The second-order valence-corrected chi connectivity index (χ2v) is 7.11. The number of carbonyl (C=O) groups excluding carboxylic acids is 1. The highest BCUT2D eigenvalue weighted by molar-refractivity contribution is 7.98. The van der Waals surface area contributed by atoms with Gasteiger partial charge in [0, 0.05) is 38.1 Å². The smallest absolute Gasteiger partial charge is 0.289 e. The third-order valence-electron chi connectivity index (χ3n) is 4.63. The van der Waals surface area contributed by atoms with Gasteiger partial charge in [0.15, 0.2) is 10.9 Å². The maximum absolute atomic E-state index is 12.7. The van der Waals surface area contributed by atoms with Crippen molar-refractivity contribution >= 4 is 17.7 Å². The van der Waals surface area contributed by atoms with Gasteiger partial charge in [-0.05, 0) is 37.6 Å². The van der Waals surface area contributed by atoms with Crippen LogP contribution in [0.3, 0.4) is 0 Å². The molecular formula is C17H20N4O2S. The molecule has 0 unspecified atom stereocenters. The number of piperazine rings is 1. The number of rotatable bonds is 4. The summed E-state index contributed by atoms with van der Waals surface area (Å²) < 4.78 is 5.75. The fourth-order valence-corrected chi connectivity index (χ4v) is 4.09. The van der Waals surface area contributed by atoms with E-state index in [0.717, 1.165) is 25.4 Å². The van der Waals surface area contributed by atoms with Crippen molar-refractivity contribution in [2.24, 2.45) is 0 Å². The molecule has 0 bridgehead atoms. The van der Waals surface area contributed by atoms with E-state index in [0.29, 0.717) is 22.7 Å². The predicted molar refractivity (Wildman–Crippen MR) is 90.8 cm³/mol. The van der Waals surface area contributed by atoms with Crippen molar-refractivity contribution in [2.45, 2.75) is 29.8 Å². The zero-order valence-electron chi connectivity index (χ0n) is 13.4. The van der Waals surface area contributed by atoms with Gasteiger partial charge < -0.3 is 9.32 Å². The largest absolute Gasteiger partial charge is 0.455 e. The zero-order chi connectivity index (χ0) is 16.4. The molecule has 7 heteroatoms. The van der Waals surface area contributed by atoms with Gasteiger partial charge in [-0.2, -0.15) is 0 Å². The fraction of sp³-hybridized carbons (Fsp3) is 0.471. The quantitative estimate of drug-likeness (QED) is 0.626. The Labute approximate surface area is 145 Å². The van der Waals surface area contributed by atoms with Crippen LogP contribution in [0, 0.1) is 0 Å². The van der Waals surface area contributed by atoms with Crippen molar-refractivity contribution < 1.29 is 9.21 Å². The normalized spacial score (nSPS) is 21.0. The lowest BCUT2D eigenvalue weighted by molar-refractivity contribution is 0.0540. The van der Waals surface area contributed by atoms with E-state index >= 15 is 0 Å². The van der Waals surface area contributed by atoms with Gasteiger partial charge in [0.25, 0.3) is 5.91 Å². The van der Waals surface area contributed by atoms with Crippen LogP contribution < -0.4 is 0 Å². The molecule has 2 fully saturated rings. The third-order valence-corrected chi connectivity index (χ3v) is 5.53. The van der Waals surface area contributed by atoms with Crippen LogP contribution in [0.2, 0.25) is 0 Å². The maximum Gasteiger partial charge on any atom is 0.289 e. The minimum Gasteiger partial charge on any atom is -0.455 e. The van der Waals surface area contributed by atoms with E-state index in [9.17, 15) is 4.79 Å². The molecule has 0 saturated carbocycles. The Bertz CT molecular complexity index is 706. The Hall–Kier alpha value is -1.86. The Morgan fingerprint density at radius 1 is 1.25 bits per heavy atom. The number of furan rings is 1. The molecule has 2 aromatic heterocycles. The molecule has 0 spiro atoms. The molecule has 24 heavy (non-hydrogen) atoms. The Balaban J connectivity index is 1.36. The first-order chi connectivity index (χ1) is 11.8. The summed E-state index contributed by atoms with van der Waals surface area (Å²) in [5.74, 6) is 1.84. The molecule has 2 aromatic rings. The number of fused-ring (bicyclic) bond motifs is 1. The van der Waals surface area contributed by atoms with Crippen LogP contribution in [-0.2, 0) is 5.75 Å². The molecular weight excluding hydrogens is 324 g/mol. The lowest BCUT2D eigenvalue weighted by Gasteiger charge is -2.37. The van der Waals surface area contributed by atoms with Crippen molar-refractivity contribution in [1.82, 2.24) is 19.8 Å². The Kier molecular flexibility index (Phi) is 4.53. The van der Waals surface area contributed by atoms with Crippen LogP contribution in [0.25, 0.3) is 0 Å². The van der Waals surface area contributed by atoms with Crippen molar-refractivity contribution in [2.75, 3.05) is 26.2 Å². The zero-order valence-corrected chi connectivity index (χ0v) is 14.2. The molecule has 0 N–H and O–H groups in total. The molecule has 2 saturated heterocycles. The Morgan fingerprint density at radius 3 is 3.00 bits per heavy atom. The van der Waals surface area contributed by atoms with E-state index in [1.54, 1.807) is 24.5 Å². The summed E-state index contributed by atoms with van der Waals surface area (Å²) in [6.45, 7) is 3.76. The number of nitrogens with zero attached hydrogens (tertiary/aromatic N) is 4. The number of aromatic nitrogens is 2. The van der Waals surface area contributed by atoms with Gasteiger partial charge in [-0.1, -0.05) is 11.8 Å². The van der Waals surface area contributed by atoms with Crippen LogP contribution in [0.5, 0.6) is 0 Å². The summed E-state index contributed by atoms with van der Waals surface area (Å²) in [7, 11) is 0. The molecule has 2 aliphatic heterocycles. The van der Waals surface area contributed by atoms with E-state index in [-0.39, 0.29) is 5.91 Å². The Morgan fingerprint density at radius 2 is 2.12 bits per heavy atom. The summed E-state index contributed by atoms with van der Waals surface area (Å²) in [5.41, 5.74) is 0. The van der Waals surface area contributed by atoms with Crippen molar-refractivity contribution in [3.8, 4) is 0 Å². The highest BCUT2D eigenvalue weighted by Gasteiger charge is 2.33. The van der Waals surface area contributed by atoms with Gasteiger partial charge in [0.2, 0.25) is 0 Å². The monoisotopic (exact) mass is 344 g/mol. The molecule has 4 heterocycles. The second-order valence-electron chi connectivity index (χ2n) is 6.17. The number of hydrogen-bond acceptors (Lipinski definition) is 6. The molecule has 0 aromatic carbocycles. The van der Waals surface area contributed by atoms with E-state index in [4.69, 9.17) is 4.42 Å². The van der Waals surface area contributed by atoms with Crippen LogP contribution >= 0.6 is 11.8 Å². The van der Waals surface area contributed by atoms with Crippen LogP contribution in [0.4, 0.5) is 0 Å². The molecule has 4 rings (SSSR count). The maximum atomic E-state index is 12.7. The van der Waals surface area contributed by atoms with Crippen molar-refractivity contribution in [1.29, 1.82) is 0 Å². The lowest BCUT2D eigenvalue weighted by atomic mass is 10.1.